The van der Waals surface area contributed by atoms with E-state index in [-0.39, 0.29) is 18.8 Å². The van der Waals surface area contributed by atoms with Gasteiger partial charge in [0.1, 0.15) is 18.1 Å². The zero-order chi connectivity index (χ0) is 20.3. The van der Waals surface area contributed by atoms with Crippen molar-refractivity contribution in [1.82, 2.24) is 0 Å². The molecule has 1 aliphatic rings. The van der Waals surface area contributed by atoms with Gasteiger partial charge in [-0.25, -0.2) is 0 Å². The second-order valence-electron chi connectivity index (χ2n) is 6.90. The van der Waals surface area contributed by atoms with Gasteiger partial charge in [-0.3, -0.25) is 4.79 Å². The molecule has 0 aliphatic heterocycles. The highest BCUT2D eigenvalue weighted by molar-refractivity contribution is 5.72. The van der Waals surface area contributed by atoms with Crippen molar-refractivity contribution in [2.45, 2.75) is 58.2 Å². The minimum Gasteiger partial charge on any atom is -0.488 e. The zero-order valence-electron chi connectivity index (χ0n) is 15.9. The smallest absolute Gasteiger partial charge is 0.419 e. The summed E-state index contributed by atoms with van der Waals surface area (Å²) < 4.78 is 51.4. The van der Waals surface area contributed by atoms with Gasteiger partial charge in [-0.2, -0.15) is 13.2 Å². The predicted molar refractivity (Wildman–Crippen MR) is 99.5 cm³/mol. The molecule has 0 aromatic heterocycles. The molecule has 1 saturated carbocycles. The summed E-state index contributed by atoms with van der Waals surface area (Å²) in [5.74, 6) is 0.0824. The molecule has 0 radical (unpaired) electrons. The fraction of sp³-hybridized carbons (Fsp3) is 0.409. The van der Waals surface area contributed by atoms with Crippen molar-refractivity contribution in [1.29, 1.82) is 0 Å². The standard InChI is InChI=1S/C22H23F3O3/c1-3-14-8-11-20(18(12-14)22(23,24)25)27-13-17-16(15-9-10-15)6-5-7-19(17)28-21(26)4-2/h5-8,11-12,15H,3-4,9-10,13H2,1-2H3. The van der Waals surface area contributed by atoms with Crippen molar-refractivity contribution in [3.8, 4) is 11.5 Å². The normalized spacial score (nSPS) is 14.0. The molecule has 150 valence electrons. The highest BCUT2D eigenvalue weighted by Gasteiger charge is 2.35. The number of halogens is 3. The molecule has 0 amide bonds. The van der Waals surface area contributed by atoms with E-state index in [0.717, 1.165) is 24.5 Å². The molecule has 0 bridgehead atoms. The van der Waals surface area contributed by atoms with E-state index >= 15 is 0 Å². The van der Waals surface area contributed by atoms with E-state index in [1.807, 2.05) is 6.07 Å². The van der Waals surface area contributed by atoms with Crippen LogP contribution in [0.3, 0.4) is 0 Å². The Hall–Kier alpha value is -2.50. The van der Waals surface area contributed by atoms with Crippen molar-refractivity contribution >= 4 is 5.97 Å². The van der Waals surface area contributed by atoms with Gasteiger partial charge in [0, 0.05) is 12.0 Å². The minimum absolute atomic E-state index is 0.0897. The molecule has 0 N–H and O–H groups in total. The van der Waals surface area contributed by atoms with Gasteiger partial charge >= 0.3 is 12.1 Å². The summed E-state index contributed by atoms with van der Waals surface area (Å²) in [5.41, 5.74) is 1.41. The number of benzene rings is 2. The van der Waals surface area contributed by atoms with E-state index in [9.17, 15) is 18.0 Å². The van der Waals surface area contributed by atoms with E-state index in [0.29, 0.717) is 29.2 Å². The largest absolute Gasteiger partial charge is 0.488 e. The first-order chi connectivity index (χ1) is 13.3. The van der Waals surface area contributed by atoms with Crippen LogP contribution in [-0.4, -0.2) is 5.97 Å². The van der Waals surface area contributed by atoms with E-state index < -0.39 is 17.7 Å². The fourth-order valence-electron chi connectivity index (χ4n) is 3.10. The Morgan fingerprint density at radius 1 is 1.11 bits per heavy atom. The number of rotatable bonds is 7. The average Bonchev–Trinajstić information content (AvgIpc) is 3.51. The van der Waals surface area contributed by atoms with Gasteiger partial charge in [-0.05, 0) is 54.5 Å². The van der Waals surface area contributed by atoms with Gasteiger partial charge in [0.15, 0.2) is 0 Å². The predicted octanol–water partition coefficient (Wildman–Crippen LogP) is 6.04. The van der Waals surface area contributed by atoms with Crippen LogP contribution in [0, 0.1) is 0 Å². The number of esters is 1. The summed E-state index contributed by atoms with van der Waals surface area (Å²) in [4.78, 5) is 11.7. The third kappa shape index (κ3) is 4.66. The molecule has 3 rings (SSSR count). The number of hydrogen-bond acceptors (Lipinski definition) is 3. The Kier molecular flexibility index (Phi) is 5.96. The number of carbonyl (C=O) groups is 1. The molecule has 1 aliphatic carbocycles. The van der Waals surface area contributed by atoms with Crippen LogP contribution in [0.5, 0.6) is 11.5 Å². The van der Waals surface area contributed by atoms with Gasteiger partial charge < -0.3 is 9.47 Å². The summed E-state index contributed by atoms with van der Waals surface area (Å²) >= 11 is 0. The molecule has 0 heterocycles. The molecular weight excluding hydrogens is 369 g/mol. The topological polar surface area (TPSA) is 35.5 Å². The van der Waals surface area contributed by atoms with Crippen LogP contribution >= 0.6 is 0 Å². The molecule has 1 fully saturated rings. The molecule has 2 aromatic carbocycles. The molecule has 0 saturated heterocycles. The van der Waals surface area contributed by atoms with E-state index in [1.165, 1.54) is 6.07 Å². The minimum atomic E-state index is -4.51. The highest BCUT2D eigenvalue weighted by atomic mass is 19.4. The van der Waals surface area contributed by atoms with Crippen LogP contribution in [0.4, 0.5) is 13.2 Å². The van der Waals surface area contributed by atoms with E-state index in [2.05, 4.69) is 0 Å². The summed E-state index contributed by atoms with van der Waals surface area (Å²) in [6.07, 6.45) is -1.77. The monoisotopic (exact) mass is 392 g/mol. The molecule has 6 heteroatoms. The first-order valence-corrected chi connectivity index (χ1v) is 9.48. The number of hydrogen-bond donors (Lipinski definition) is 0. The lowest BCUT2D eigenvalue weighted by atomic mass is 10.0. The molecule has 3 nitrogen and oxygen atoms in total. The van der Waals surface area contributed by atoms with Gasteiger partial charge in [-0.1, -0.05) is 32.0 Å². The maximum atomic E-state index is 13.5. The van der Waals surface area contributed by atoms with E-state index in [4.69, 9.17) is 9.47 Å². The van der Waals surface area contributed by atoms with Crippen molar-refractivity contribution in [3.05, 3.63) is 58.7 Å². The molecule has 0 atom stereocenters. The Bertz CT molecular complexity index is 855. The third-order valence-corrected chi connectivity index (χ3v) is 4.83. The highest BCUT2D eigenvalue weighted by Crippen LogP contribution is 2.44. The van der Waals surface area contributed by atoms with Crippen LogP contribution in [0.15, 0.2) is 36.4 Å². The Morgan fingerprint density at radius 3 is 2.46 bits per heavy atom. The number of ether oxygens (including phenoxy) is 2. The molecule has 2 aromatic rings. The van der Waals surface area contributed by atoms with Crippen LogP contribution in [0.1, 0.15) is 61.3 Å². The second kappa shape index (κ2) is 8.25. The maximum Gasteiger partial charge on any atom is 0.419 e. The lowest BCUT2D eigenvalue weighted by Gasteiger charge is -2.18. The Labute approximate surface area is 162 Å². The number of alkyl halides is 3. The fourth-order valence-corrected chi connectivity index (χ4v) is 3.10. The number of aryl methyl sites for hydroxylation is 1. The van der Waals surface area contributed by atoms with Gasteiger partial charge in [-0.15, -0.1) is 0 Å². The molecule has 0 unspecified atom stereocenters. The lowest BCUT2D eigenvalue weighted by Crippen LogP contribution is -2.12. The Balaban J connectivity index is 1.91. The first kappa shape index (κ1) is 20.2. The van der Waals surface area contributed by atoms with Crippen LogP contribution < -0.4 is 9.47 Å². The summed E-state index contributed by atoms with van der Waals surface area (Å²) in [6, 6.07) is 9.49. The molecular formula is C22H23F3O3. The first-order valence-electron chi connectivity index (χ1n) is 9.48. The van der Waals surface area contributed by atoms with Gasteiger partial charge in [0.05, 0.1) is 5.56 Å². The average molecular weight is 392 g/mol. The van der Waals surface area contributed by atoms with Crippen molar-refractivity contribution in [2.75, 3.05) is 0 Å². The molecule has 0 spiro atoms. The number of carbonyl (C=O) groups excluding carboxylic acids is 1. The van der Waals surface area contributed by atoms with Crippen molar-refractivity contribution < 1.29 is 27.4 Å². The maximum absolute atomic E-state index is 13.5. The second-order valence-corrected chi connectivity index (χ2v) is 6.90. The lowest BCUT2D eigenvalue weighted by molar-refractivity contribution is -0.139. The summed E-state index contributed by atoms with van der Waals surface area (Å²) in [5, 5.41) is 0. The Morgan fingerprint density at radius 2 is 1.86 bits per heavy atom. The zero-order valence-corrected chi connectivity index (χ0v) is 15.9. The summed E-state index contributed by atoms with van der Waals surface area (Å²) in [7, 11) is 0. The van der Waals surface area contributed by atoms with Crippen molar-refractivity contribution in [3.63, 3.8) is 0 Å². The van der Waals surface area contributed by atoms with E-state index in [1.54, 1.807) is 32.0 Å². The molecule has 28 heavy (non-hydrogen) atoms. The summed E-state index contributed by atoms with van der Waals surface area (Å²) in [6.45, 7) is 3.40. The SMILES string of the molecule is CCC(=O)Oc1cccc(C2CC2)c1COc1ccc(CC)cc1C(F)(F)F. The quantitative estimate of drug-likeness (QED) is 0.426. The van der Waals surface area contributed by atoms with Crippen LogP contribution in [0.2, 0.25) is 0 Å². The van der Waals surface area contributed by atoms with Crippen molar-refractivity contribution in [2.24, 2.45) is 0 Å². The van der Waals surface area contributed by atoms with Crippen LogP contribution in [-0.2, 0) is 24.0 Å². The van der Waals surface area contributed by atoms with Gasteiger partial charge in [0.25, 0.3) is 0 Å². The van der Waals surface area contributed by atoms with Crippen LogP contribution in [0.25, 0.3) is 0 Å². The third-order valence-electron chi connectivity index (χ3n) is 4.83. The van der Waals surface area contributed by atoms with Gasteiger partial charge in [0.2, 0.25) is 0 Å².